The van der Waals surface area contributed by atoms with Gasteiger partial charge in [-0.25, -0.2) is 0 Å². The molecule has 58 valence electrons. The van der Waals surface area contributed by atoms with Crippen molar-refractivity contribution in [3.63, 3.8) is 0 Å². The highest BCUT2D eigenvalue weighted by atomic mass is 16.5. The predicted octanol–water partition coefficient (Wildman–Crippen LogP) is 2.40. The largest absolute Gasteiger partial charge is 0.360 e. The molecule has 1 aromatic carbocycles. The molecule has 2 radical (unpaired) electrons. The van der Waals surface area contributed by atoms with Gasteiger partial charge in [0.25, 0.3) is 0 Å². The number of nitrogens with zero attached hydrogens (tertiary/aromatic N) is 1. The summed E-state index contributed by atoms with van der Waals surface area (Å²) in [4.78, 5) is 0. The molecule has 2 heteroatoms. The number of rotatable bonds is 1. The number of benzene rings is 1. The van der Waals surface area contributed by atoms with Crippen LogP contribution in [0.15, 0.2) is 40.9 Å². The molecule has 0 fully saturated rings. The summed E-state index contributed by atoms with van der Waals surface area (Å²) in [6.07, 6.45) is 0. The lowest BCUT2D eigenvalue weighted by Gasteiger charge is -1.90. The molecule has 0 amide bonds. The summed E-state index contributed by atoms with van der Waals surface area (Å²) >= 11 is 0. The molecule has 0 saturated heterocycles. The molecule has 0 bridgehead atoms. The lowest BCUT2D eigenvalue weighted by Crippen LogP contribution is -1.73. The number of hydrogen-bond donors (Lipinski definition) is 0. The zero-order valence-electron chi connectivity index (χ0n) is 6.40. The molecule has 1 aromatic heterocycles. The van der Waals surface area contributed by atoms with E-state index in [1.807, 2.05) is 30.3 Å². The Kier molecular flexibility index (Phi) is 1.67. The number of hydrogen-bond acceptors (Lipinski definition) is 2. The standard InChI is InChI=1S/C10H7NO/c1-8-7-10(11-12-8)9-5-3-2-4-6-9/h1-7H. The maximum Gasteiger partial charge on any atom is 0.141 e. The van der Waals surface area contributed by atoms with Gasteiger partial charge in [0.1, 0.15) is 11.5 Å². The normalized spacial score (nSPS) is 10.1. The smallest absolute Gasteiger partial charge is 0.141 e. The minimum absolute atomic E-state index is 0.342. The van der Waals surface area contributed by atoms with Crippen molar-refractivity contribution >= 4 is 0 Å². The third-order valence-electron chi connectivity index (χ3n) is 1.60. The Morgan fingerprint density at radius 1 is 1.17 bits per heavy atom. The lowest BCUT2D eigenvalue weighted by atomic mass is 10.1. The van der Waals surface area contributed by atoms with E-state index in [9.17, 15) is 0 Å². The summed E-state index contributed by atoms with van der Waals surface area (Å²) in [6.45, 7) is 5.39. The predicted molar refractivity (Wildman–Crippen MR) is 45.3 cm³/mol. The molecule has 0 saturated carbocycles. The Morgan fingerprint density at radius 2 is 1.92 bits per heavy atom. The van der Waals surface area contributed by atoms with Gasteiger partial charge in [0.05, 0.1) is 0 Å². The van der Waals surface area contributed by atoms with Crippen LogP contribution in [0.25, 0.3) is 11.3 Å². The zero-order chi connectivity index (χ0) is 8.39. The van der Waals surface area contributed by atoms with Gasteiger partial charge in [-0.1, -0.05) is 35.5 Å². The van der Waals surface area contributed by atoms with Crippen LogP contribution in [0.5, 0.6) is 0 Å². The highest BCUT2D eigenvalue weighted by Gasteiger charge is 2.01. The fourth-order valence-electron chi connectivity index (χ4n) is 1.03. The van der Waals surface area contributed by atoms with Crippen LogP contribution in [0.3, 0.4) is 0 Å². The Hall–Kier alpha value is -1.57. The summed E-state index contributed by atoms with van der Waals surface area (Å²) < 4.78 is 4.75. The van der Waals surface area contributed by atoms with Crippen LogP contribution in [-0.2, 0) is 0 Å². The van der Waals surface area contributed by atoms with Crippen molar-refractivity contribution in [1.29, 1.82) is 0 Å². The van der Waals surface area contributed by atoms with Gasteiger partial charge in [0, 0.05) is 18.6 Å². The van der Waals surface area contributed by atoms with Gasteiger partial charge < -0.3 is 4.52 Å². The first-order valence-corrected chi connectivity index (χ1v) is 3.64. The summed E-state index contributed by atoms with van der Waals surface area (Å²) in [6, 6.07) is 11.5. The molecule has 0 unspecified atom stereocenters. The summed E-state index contributed by atoms with van der Waals surface area (Å²) in [5.74, 6) is 0.342. The van der Waals surface area contributed by atoms with Gasteiger partial charge in [-0.05, 0) is 0 Å². The molecule has 1 heterocycles. The van der Waals surface area contributed by atoms with Crippen molar-refractivity contribution in [2.24, 2.45) is 0 Å². The minimum Gasteiger partial charge on any atom is -0.360 e. The molecular formula is C10H7NO. The highest BCUT2D eigenvalue weighted by Crippen LogP contribution is 2.17. The van der Waals surface area contributed by atoms with Gasteiger partial charge in [0.15, 0.2) is 0 Å². The number of aromatic nitrogens is 1. The van der Waals surface area contributed by atoms with Crippen LogP contribution in [0.4, 0.5) is 0 Å². The Bertz CT molecular complexity index is 364. The molecular weight excluding hydrogens is 150 g/mol. The van der Waals surface area contributed by atoms with Gasteiger partial charge in [-0.2, -0.15) is 0 Å². The van der Waals surface area contributed by atoms with Crippen molar-refractivity contribution in [3.05, 3.63) is 49.1 Å². The Balaban J connectivity index is 2.45. The molecule has 2 nitrogen and oxygen atoms in total. The highest BCUT2D eigenvalue weighted by molar-refractivity contribution is 5.58. The van der Waals surface area contributed by atoms with E-state index in [0.29, 0.717) is 5.76 Å². The maximum atomic E-state index is 5.39. The van der Waals surface area contributed by atoms with E-state index in [0.717, 1.165) is 11.3 Å². The molecule has 0 aliphatic carbocycles. The van der Waals surface area contributed by atoms with Crippen molar-refractivity contribution in [1.82, 2.24) is 5.16 Å². The molecule has 0 aliphatic rings. The molecule has 0 atom stereocenters. The van der Waals surface area contributed by atoms with Crippen LogP contribution in [0, 0.1) is 6.92 Å². The van der Waals surface area contributed by atoms with Crippen molar-refractivity contribution in [2.75, 3.05) is 0 Å². The average molecular weight is 157 g/mol. The second-order valence-corrected chi connectivity index (χ2v) is 2.48. The monoisotopic (exact) mass is 157 g/mol. The third kappa shape index (κ3) is 1.23. The maximum absolute atomic E-state index is 5.39. The fourth-order valence-corrected chi connectivity index (χ4v) is 1.03. The quantitative estimate of drug-likeness (QED) is 0.635. The molecule has 0 spiro atoms. The summed E-state index contributed by atoms with van der Waals surface area (Å²) in [7, 11) is 0. The molecule has 0 N–H and O–H groups in total. The second-order valence-electron chi connectivity index (χ2n) is 2.48. The first kappa shape index (κ1) is 7.10. The van der Waals surface area contributed by atoms with E-state index < -0.39 is 0 Å². The SMILES string of the molecule is [CH]c1cc(-c2ccccc2)no1. The lowest BCUT2D eigenvalue weighted by molar-refractivity contribution is 0.409. The summed E-state index contributed by atoms with van der Waals surface area (Å²) in [5.41, 5.74) is 1.78. The third-order valence-corrected chi connectivity index (χ3v) is 1.60. The van der Waals surface area contributed by atoms with Gasteiger partial charge in [0.2, 0.25) is 0 Å². The fraction of sp³-hybridized carbons (Fsp3) is 0. The van der Waals surface area contributed by atoms with Crippen LogP contribution < -0.4 is 0 Å². The molecule has 12 heavy (non-hydrogen) atoms. The Labute approximate surface area is 70.8 Å². The van der Waals surface area contributed by atoms with Crippen LogP contribution in [-0.4, -0.2) is 5.16 Å². The first-order chi connectivity index (χ1) is 5.86. The minimum atomic E-state index is 0.342. The van der Waals surface area contributed by atoms with Crippen LogP contribution in [0.2, 0.25) is 0 Å². The van der Waals surface area contributed by atoms with E-state index in [1.165, 1.54) is 0 Å². The molecule has 0 aliphatic heterocycles. The summed E-state index contributed by atoms with van der Waals surface area (Å²) in [5, 5.41) is 3.79. The molecule has 2 aromatic rings. The van der Waals surface area contributed by atoms with Crippen molar-refractivity contribution < 1.29 is 4.52 Å². The molecule has 2 rings (SSSR count). The van der Waals surface area contributed by atoms with E-state index in [4.69, 9.17) is 11.4 Å². The van der Waals surface area contributed by atoms with Gasteiger partial charge in [-0.3, -0.25) is 0 Å². The van der Waals surface area contributed by atoms with E-state index in [-0.39, 0.29) is 0 Å². The van der Waals surface area contributed by atoms with Crippen molar-refractivity contribution in [3.8, 4) is 11.3 Å². The van der Waals surface area contributed by atoms with E-state index in [2.05, 4.69) is 5.16 Å². The van der Waals surface area contributed by atoms with Gasteiger partial charge in [-0.15, -0.1) is 0 Å². The Morgan fingerprint density at radius 3 is 2.50 bits per heavy atom. The first-order valence-electron chi connectivity index (χ1n) is 3.64. The van der Waals surface area contributed by atoms with Gasteiger partial charge >= 0.3 is 0 Å². The van der Waals surface area contributed by atoms with E-state index in [1.54, 1.807) is 6.07 Å². The van der Waals surface area contributed by atoms with Crippen LogP contribution >= 0.6 is 0 Å². The zero-order valence-corrected chi connectivity index (χ0v) is 6.40. The second kappa shape index (κ2) is 2.81. The van der Waals surface area contributed by atoms with Crippen LogP contribution in [0.1, 0.15) is 5.76 Å². The van der Waals surface area contributed by atoms with Crippen molar-refractivity contribution in [2.45, 2.75) is 0 Å². The average Bonchev–Trinajstić information content (AvgIpc) is 2.54. The topological polar surface area (TPSA) is 26.0 Å². The van der Waals surface area contributed by atoms with E-state index >= 15 is 0 Å².